The highest BCUT2D eigenvalue weighted by molar-refractivity contribution is 7.10. The molecule has 0 saturated carbocycles. The third-order valence-electron chi connectivity index (χ3n) is 3.88. The lowest BCUT2D eigenvalue weighted by atomic mass is 10.0. The van der Waals surface area contributed by atoms with Crippen LogP contribution in [0.15, 0.2) is 17.5 Å². The van der Waals surface area contributed by atoms with Gasteiger partial charge in [0.2, 0.25) is 5.91 Å². The first kappa shape index (κ1) is 16.5. The molecule has 1 aliphatic heterocycles. The van der Waals surface area contributed by atoms with Crippen molar-refractivity contribution in [3.8, 4) is 0 Å². The van der Waals surface area contributed by atoms with Crippen LogP contribution in [0.25, 0.3) is 0 Å². The summed E-state index contributed by atoms with van der Waals surface area (Å²) in [6.07, 6.45) is 0.834. The summed E-state index contributed by atoms with van der Waals surface area (Å²) in [5, 5.41) is 5.55. The molecule has 5 heteroatoms. The largest absolute Gasteiger partial charge is 0.377 e. The van der Waals surface area contributed by atoms with E-state index in [1.807, 2.05) is 24.8 Å². The Labute approximate surface area is 131 Å². The monoisotopic (exact) mass is 310 g/mol. The zero-order valence-electron chi connectivity index (χ0n) is 13.6. The van der Waals surface area contributed by atoms with Crippen molar-refractivity contribution in [2.75, 3.05) is 13.7 Å². The molecule has 0 bridgehead atoms. The van der Waals surface area contributed by atoms with Crippen LogP contribution in [0.1, 0.15) is 45.2 Å². The number of hydrogen-bond donors (Lipinski definition) is 1. The number of carbonyl (C=O) groups excluding carboxylic acids is 1. The van der Waals surface area contributed by atoms with Crippen LogP contribution in [0.4, 0.5) is 0 Å². The van der Waals surface area contributed by atoms with Crippen molar-refractivity contribution in [3.05, 3.63) is 22.4 Å². The van der Waals surface area contributed by atoms with Crippen molar-refractivity contribution in [3.63, 3.8) is 0 Å². The van der Waals surface area contributed by atoms with Crippen molar-refractivity contribution >= 4 is 17.2 Å². The number of amides is 1. The molecule has 0 spiro atoms. The maximum Gasteiger partial charge on any atom is 0.241 e. The molecule has 4 nitrogen and oxygen atoms in total. The average Bonchev–Trinajstić information content (AvgIpc) is 3.01. The van der Waals surface area contributed by atoms with Gasteiger partial charge < -0.3 is 9.64 Å². The van der Waals surface area contributed by atoms with Gasteiger partial charge in [-0.2, -0.15) is 0 Å². The maximum atomic E-state index is 12.8. The van der Waals surface area contributed by atoms with Crippen molar-refractivity contribution < 1.29 is 9.53 Å². The van der Waals surface area contributed by atoms with Gasteiger partial charge in [0.1, 0.15) is 6.17 Å². The third-order valence-corrected chi connectivity index (χ3v) is 4.80. The number of ether oxygens (including phenoxy) is 1. The molecule has 2 heterocycles. The van der Waals surface area contributed by atoms with Gasteiger partial charge in [0, 0.05) is 12.0 Å². The summed E-state index contributed by atoms with van der Waals surface area (Å²) in [7, 11) is 1.69. The van der Waals surface area contributed by atoms with Crippen LogP contribution in [-0.4, -0.2) is 36.1 Å². The lowest BCUT2D eigenvalue weighted by Gasteiger charge is -2.32. The first-order chi connectivity index (χ1) is 9.84. The number of nitrogens with zero attached hydrogens (tertiary/aromatic N) is 1. The first-order valence-corrected chi connectivity index (χ1v) is 8.37. The van der Waals surface area contributed by atoms with Crippen molar-refractivity contribution in [1.82, 2.24) is 10.2 Å². The Bertz CT molecular complexity index is 471. The van der Waals surface area contributed by atoms with Gasteiger partial charge in [-0.15, -0.1) is 11.3 Å². The Kier molecular flexibility index (Phi) is 5.07. The summed E-state index contributed by atoms with van der Waals surface area (Å²) in [6.45, 7) is 8.92. The Morgan fingerprint density at radius 2 is 2.19 bits per heavy atom. The lowest BCUT2D eigenvalue weighted by Crippen LogP contribution is -2.43. The number of nitrogens with one attached hydrogen (secondary N) is 1. The number of hydrogen-bond acceptors (Lipinski definition) is 4. The molecule has 1 fully saturated rings. The molecule has 1 aromatic heterocycles. The van der Waals surface area contributed by atoms with Gasteiger partial charge in [0.05, 0.1) is 18.2 Å². The maximum absolute atomic E-state index is 12.8. The van der Waals surface area contributed by atoms with Gasteiger partial charge in [-0.3, -0.25) is 10.1 Å². The van der Waals surface area contributed by atoms with Crippen molar-refractivity contribution in [1.29, 1.82) is 0 Å². The van der Waals surface area contributed by atoms with Crippen LogP contribution in [0.3, 0.4) is 0 Å². The summed E-state index contributed by atoms with van der Waals surface area (Å²) < 4.78 is 5.51. The van der Waals surface area contributed by atoms with Crippen LogP contribution in [-0.2, 0) is 9.53 Å². The fraction of sp³-hybridized carbons (Fsp3) is 0.688. The third kappa shape index (κ3) is 3.84. The van der Waals surface area contributed by atoms with Crippen molar-refractivity contribution in [2.45, 2.75) is 51.9 Å². The van der Waals surface area contributed by atoms with Crippen LogP contribution in [0.5, 0.6) is 0 Å². The highest BCUT2D eigenvalue weighted by Crippen LogP contribution is 2.32. The quantitative estimate of drug-likeness (QED) is 0.878. The topological polar surface area (TPSA) is 41.6 Å². The first-order valence-electron chi connectivity index (χ1n) is 7.49. The van der Waals surface area contributed by atoms with Crippen LogP contribution in [0.2, 0.25) is 0 Å². The minimum Gasteiger partial charge on any atom is -0.377 e. The van der Waals surface area contributed by atoms with E-state index >= 15 is 0 Å². The predicted molar refractivity (Wildman–Crippen MR) is 86.2 cm³/mol. The van der Waals surface area contributed by atoms with E-state index in [0.29, 0.717) is 12.5 Å². The molecule has 2 unspecified atom stereocenters. The zero-order valence-corrected chi connectivity index (χ0v) is 14.4. The van der Waals surface area contributed by atoms with Gasteiger partial charge in [0.15, 0.2) is 0 Å². The Morgan fingerprint density at radius 3 is 2.71 bits per heavy atom. The van der Waals surface area contributed by atoms with E-state index in [0.717, 1.165) is 6.42 Å². The minimum absolute atomic E-state index is 0.0318. The molecule has 1 aromatic rings. The average molecular weight is 310 g/mol. The van der Waals surface area contributed by atoms with Crippen LogP contribution < -0.4 is 5.32 Å². The van der Waals surface area contributed by atoms with Gasteiger partial charge in [-0.05, 0) is 37.6 Å². The lowest BCUT2D eigenvalue weighted by molar-refractivity contribution is -0.134. The fourth-order valence-electron chi connectivity index (χ4n) is 2.65. The molecule has 1 N–H and O–H groups in total. The summed E-state index contributed by atoms with van der Waals surface area (Å²) in [4.78, 5) is 15.9. The molecular weight excluding hydrogens is 284 g/mol. The Hall–Kier alpha value is -0.910. The van der Waals surface area contributed by atoms with Crippen LogP contribution in [0, 0.1) is 5.92 Å². The van der Waals surface area contributed by atoms with Gasteiger partial charge in [0.25, 0.3) is 0 Å². The summed E-state index contributed by atoms with van der Waals surface area (Å²) >= 11 is 1.68. The van der Waals surface area contributed by atoms with Crippen molar-refractivity contribution in [2.24, 2.45) is 5.92 Å². The second kappa shape index (κ2) is 6.46. The van der Waals surface area contributed by atoms with E-state index < -0.39 is 0 Å². The zero-order chi connectivity index (χ0) is 15.6. The number of rotatable bonds is 6. The molecule has 118 valence electrons. The smallest absolute Gasteiger partial charge is 0.241 e. The summed E-state index contributed by atoms with van der Waals surface area (Å²) in [6, 6.07) is 4.02. The number of methoxy groups -OCH3 is 1. The number of thiophene rings is 1. The van der Waals surface area contributed by atoms with E-state index in [9.17, 15) is 4.79 Å². The van der Waals surface area contributed by atoms with Gasteiger partial charge in [-0.25, -0.2) is 0 Å². The van der Waals surface area contributed by atoms with E-state index in [1.165, 1.54) is 4.88 Å². The second-order valence-corrected chi connectivity index (χ2v) is 7.68. The molecule has 0 radical (unpaired) electrons. The SMILES string of the molecule is COC(C)(C)CN1C(=O)C(CC(C)C)NC1c1cccs1. The molecule has 0 aromatic carbocycles. The van der Waals surface area contributed by atoms with E-state index in [-0.39, 0.29) is 23.7 Å². The molecule has 21 heavy (non-hydrogen) atoms. The van der Waals surface area contributed by atoms with E-state index in [4.69, 9.17) is 4.74 Å². The summed E-state index contributed by atoms with van der Waals surface area (Å²) in [5.41, 5.74) is -0.348. The Morgan fingerprint density at radius 1 is 1.48 bits per heavy atom. The molecule has 0 aliphatic carbocycles. The number of carbonyl (C=O) groups is 1. The molecule has 1 saturated heterocycles. The van der Waals surface area contributed by atoms with E-state index in [2.05, 4.69) is 30.6 Å². The van der Waals surface area contributed by atoms with E-state index in [1.54, 1.807) is 18.4 Å². The normalized spacial score (nSPS) is 23.3. The van der Waals surface area contributed by atoms with Gasteiger partial charge >= 0.3 is 0 Å². The standard InChI is InChI=1S/C16H26N2O2S/c1-11(2)9-12-15(19)18(10-16(3,4)20-5)14(17-12)13-7-6-8-21-13/h6-8,11-12,14,17H,9-10H2,1-5H3. The predicted octanol–water partition coefficient (Wildman–Crippen LogP) is 3.02. The summed E-state index contributed by atoms with van der Waals surface area (Å²) in [5.74, 6) is 0.679. The van der Waals surface area contributed by atoms with Crippen LogP contribution >= 0.6 is 11.3 Å². The second-order valence-electron chi connectivity index (χ2n) is 6.70. The molecular formula is C16H26N2O2S. The fourth-order valence-corrected chi connectivity index (χ4v) is 3.44. The molecule has 2 atom stereocenters. The molecule has 1 aliphatic rings. The van der Waals surface area contributed by atoms with Gasteiger partial charge in [-0.1, -0.05) is 19.9 Å². The highest BCUT2D eigenvalue weighted by Gasteiger charge is 2.42. The Balaban J connectivity index is 2.22. The minimum atomic E-state index is -0.348. The molecule has 2 rings (SSSR count). The highest BCUT2D eigenvalue weighted by atomic mass is 32.1. The molecule has 1 amide bonds.